The van der Waals surface area contributed by atoms with Gasteiger partial charge in [0, 0.05) is 5.69 Å². The number of nitrogens with zero attached hydrogens (tertiary/aromatic N) is 3. The van der Waals surface area contributed by atoms with Crippen molar-refractivity contribution < 1.29 is 4.79 Å². The standard InChI is InChI=1S/C16H23N5OS/c1-5-13(21-15(17)19-20-16(21)23-6-2)14(22)18-12-9-7-8-10(3)11(12)4/h7-9,13H,5-6H2,1-4H3,(H2,17,19)(H,18,22)/t13-/m1/s1. The van der Waals surface area contributed by atoms with E-state index in [-0.39, 0.29) is 11.9 Å². The first-order chi connectivity index (χ1) is 11.0. The zero-order valence-electron chi connectivity index (χ0n) is 14.0. The lowest BCUT2D eigenvalue weighted by Crippen LogP contribution is -2.27. The van der Waals surface area contributed by atoms with Gasteiger partial charge < -0.3 is 11.1 Å². The Morgan fingerprint density at radius 3 is 2.74 bits per heavy atom. The molecule has 0 saturated heterocycles. The van der Waals surface area contributed by atoms with E-state index in [2.05, 4.69) is 15.5 Å². The average Bonchev–Trinajstić information content (AvgIpc) is 2.87. The number of amides is 1. The molecule has 0 aliphatic carbocycles. The van der Waals surface area contributed by atoms with E-state index in [4.69, 9.17) is 5.73 Å². The van der Waals surface area contributed by atoms with Crippen LogP contribution in [0.5, 0.6) is 0 Å². The maximum Gasteiger partial charge on any atom is 0.247 e. The molecule has 124 valence electrons. The van der Waals surface area contributed by atoms with Crippen molar-refractivity contribution in [2.75, 3.05) is 16.8 Å². The van der Waals surface area contributed by atoms with E-state index in [1.54, 1.807) is 4.57 Å². The van der Waals surface area contributed by atoms with Crippen LogP contribution >= 0.6 is 11.8 Å². The Kier molecular flexibility index (Phi) is 5.65. The summed E-state index contributed by atoms with van der Waals surface area (Å²) < 4.78 is 1.72. The first-order valence-corrected chi connectivity index (χ1v) is 8.68. The lowest BCUT2D eigenvalue weighted by atomic mass is 10.1. The molecule has 0 saturated carbocycles. The van der Waals surface area contributed by atoms with E-state index in [1.165, 1.54) is 11.8 Å². The van der Waals surface area contributed by atoms with Crippen molar-refractivity contribution >= 4 is 29.3 Å². The molecule has 1 aromatic heterocycles. The topological polar surface area (TPSA) is 85.8 Å². The van der Waals surface area contributed by atoms with Crippen molar-refractivity contribution in [2.24, 2.45) is 0 Å². The van der Waals surface area contributed by atoms with Crippen molar-refractivity contribution in [1.82, 2.24) is 14.8 Å². The second kappa shape index (κ2) is 7.50. The number of carbonyl (C=O) groups is 1. The molecule has 23 heavy (non-hydrogen) atoms. The second-order valence-corrected chi connectivity index (χ2v) is 6.54. The molecule has 2 rings (SSSR count). The molecule has 3 N–H and O–H groups in total. The van der Waals surface area contributed by atoms with Crippen LogP contribution in [0.25, 0.3) is 0 Å². The van der Waals surface area contributed by atoms with E-state index in [1.807, 2.05) is 45.9 Å². The summed E-state index contributed by atoms with van der Waals surface area (Å²) in [5.74, 6) is 1.00. The van der Waals surface area contributed by atoms with Gasteiger partial charge in [-0.15, -0.1) is 10.2 Å². The molecule has 0 spiro atoms. The molecule has 2 aromatic rings. The van der Waals surface area contributed by atoms with Crippen molar-refractivity contribution in [3.63, 3.8) is 0 Å². The summed E-state index contributed by atoms with van der Waals surface area (Å²) >= 11 is 1.53. The van der Waals surface area contributed by atoms with Crippen molar-refractivity contribution in [1.29, 1.82) is 0 Å². The molecule has 0 bridgehead atoms. The lowest BCUT2D eigenvalue weighted by molar-refractivity contribution is -0.119. The number of nitrogen functional groups attached to an aromatic ring is 1. The largest absolute Gasteiger partial charge is 0.368 e. The quantitative estimate of drug-likeness (QED) is 0.793. The Hall–Kier alpha value is -2.02. The van der Waals surface area contributed by atoms with Gasteiger partial charge >= 0.3 is 0 Å². The van der Waals surface area contributed by atoms with Crippen LogP contribution in [0.1, 0.15) is 37.4 Å². The number of thioether (sulfide) groups is 1. The highest BCUT2D eigenvalue weighted by molar-refractivity contribution is 7.99. The fraction of sp³-hybridized carbons (Fsp3) is 0.438. The van der Waals surface area contributed by atoms with Crippen LogP contribution in [-0.4, -0.2) is 26.4 Å². The summed E-state index contributed by atoms with van der Waals surface area (Å²) in [7, 11) is 0. The molecule has 0 aliphatic heterocycles. The van der Waals surface area contributed by atoms with Gasteiger partial charge in [-0.3, -0.25) is 9.36 Å². The Bertz CT molecular complexity index is 698. The number of nitrogens with one attached hydrogen (secondary N) is 1. The Morgan fingerprint density at radius 2 is 2.09 bits per heavy atom. The Balaban J connectivity index is 2.29. The van der Waals surface area contributed by atoms with Crippen LogP contribution in [-0.2, 0) is 4.79 Å². The first kappa shape index (κ1) is 17.3. The zero-order valence-corrected chi connectivity index (χ0v) is 14.8. The summed E-state index contributed by atoms with van der Waals surface area (Å²) in [5, 5.41) is 11.7. The molecular weight excluding hydrogens is 310 g/mol. The summed E-state index contributed by atoms with van der Waals surface area (Å²) in [5.41, 5.74) is 8.96. The van der Waals surface area contributed by atoms with Crippen LogP contribution in [0.3, 0.4) is 0 Å². The minimum Gasteiger partial charge on any atom is -0.368 e. The van der Waals surface area contributed by atoms with Gasteiger partial charge in [-0.05, 0) is 43.2 Å². The van der Waals surface area contributed by atoms with Gasteiger partial charge in [0.2, 0.25) is 11.9 Å². The smallest absolute Gasteiger partial charge is 0.247 e. The number of anilines is 2. The second-order valence-electron chi connectivity index (χ2n) is 5.30. The number of nitrogens with two attached hydrogens (primary N) is 1. The molecule has 0 aliphatic rings. The van der Waals surface area contributed by atoms with Crippen molar-refractivity contribution in [2.45, 2.75) is 45.3 Å². The van der Waals surface area contributed by atoms with Gasteiger partial charge in [0.25, 0.3) is 0 Å². The highest BCUT2D eigenvalue weighted by atomic mass is 32.2. The number of rotatable bonds is 6. The van der Waals surface area contributed by atoms with Gasteiger partial charge in [0.1, 0.15) is 6.04 Å². The highest BCUT2D eigenvalue weighted by Crippen LogP contribution is 2.26. The maximum atomic E-state index is 12.8. The Labute approximate surface area is 140 Å². The third-order valence-corrected chi connectivity index (χ3v) is 4.65. The summed E-state index contributed by atoms with van der Waals surface area (Å²) in [6.07, 6.45) is 0.607. The van der Waals surface area contributed by atoms with Gasteiger partial charge in [0.05, 0.1) is 0 Å². The Morgan fingerprint density at radius 1 is 1.35 bits per heavy atom. The van der Waals surface area contributed by atoms with Crippen LogP contribution in [0, 0.1) is 13.8 Å². The predicted octanol–water partition coefficient (Wildman–Crippen LogP) is 3.18. The normalized spacial score (nSPS) is 12.2. The van der Waals surface area contributed by atoms with E-state index in [0.29, 0.717) is 11.6 Å². The number of benzene rings is 1. The van der Waals surface area contributed by atoms with Crippen LogP contribution < -0.4 is 11.1 Å². The number of aryl methyl sites for hydroxylation is 1. The molecule has 1 heterocycles. The summed E-state index contributed by atoms with van der Waals surface area (Å²) in [6.45, 7) is 8.00. The molecule has 1 amide bonds. The minimum absolute atomic E-state index is 0.106. The summed E-state index contributed by atoms with van der Waals surface area (Å²) in [4.78, 5) is 12.8. The number of hydrogen-bond acceptors (Lipinski definition) is 5. The van der Waals surface area contributed by atoms with Gasteiger partial charge in [-0.2, -0.15) is 0 Å². The van der Waals surface area contributed by atoms with Crippen molar-refractivity contribution in [3.05, 3.63) is 29.3 Å². The predicted molar refractivity (Wildman–Crippen MR) is 94.7 cm³/mol. The fourth-order valence-electron chi connectivity index (χ4n) is 2.40. The summed E-state index contributed by atoms with van der Waals surface area (Å²) in [6, 6.07) is 5.43. The highest BCUT2D eigenvalue weighted by Gasteiger charge is 2.25. The lowest BCUT2D eigenvalue weighted by Gasteiger charge is -2.20. The molecule has 0 radical (unpaired) electrons. The van der Waals surface area contributed by atoms with E-state index < -0.39 is 6.04 Å². The third-order valence-electron chi connectivity index (χ3n) is 3.83. The molecule has 0 unspecified atom stereocenters. The zero-order chi connectivity index (χ0) is 17.0. The fourth-order valence-corrected chi connectivity index (χ4v) is 3.11. The number of aromatic nitrogens is 3. The number of hydrogen-bond donors (Lipinski definition) is 2. The molecular formula is C16H23N5OS. The van der Waals surface area contributed by atoms with Gasteiger partial charge in [0.15, 0.2) is 5.16 Å². The van der Waals surface area contributed by atoms with E-state index in [9.17, 15) is 4.79 Å². The van der Waals surface area contributed by atoms with Crippen molar-refractivity contribution in [3.8, 4) is 0 Å². The maximum absolute atomic E-state index is 12.8. The van der Waals surface area contributed by atoms with Crippen LogP contribution in [0.2, 0.25) is 0 Å². The first-order valence-electron chi connectivity index (χ1n) is 7.69. The van der Waals surface area contributed by atoms with Gasteiger partial charge in [-0.1, -0.05) is 37.7 Å². The van der Waals surface area contributed by atoms with Gasteiger partial charge in [-0.25, -0.2) is 0 Å². The SMILES string of the molecule is CCSc1nnc(N)n1[C@H](CC)C(=O)Nc1cccc(C)c1C. The molecule has 0 fully saturated rings. The minimum atomic E-state index is -0.432. The van der Waals surface area contributed by atoms with Crippen LogP contribution in [0.4, 0.5) is 11.6 Å². The molecule has 7 heteroatoms. The van der Waals surface area contributed by atoms with E-state index >= 15 is 0 Å². The molecule has 1 aromatic carbocycles. The molecule has 1 atom stereocenters. The van der Waals surface area contributed by atoms with E-state index in [0.717, 1.165) is 22.6 Å². The third kappa shape index (κ3) is 3.67. The monoisotopic (exact) mass is 333 g/mol. The average molecular weight is 333 g/mol. The molecule has 6 nitrogen and oxygen atoms in total. The number of carbonyl (C=O) groups excluding carboxylic acids is 1. The van der Waals surface area contributed by atoms with Crippen LogP contribution in [0.15, 0.2) is 23.4 Å².